The smallest absolute Gasteiger partial charge is 0.243 e. The molecule has 7 nitrogen and oxygen atoms in total. The maximum absolute atomic E-state index is 12.8. The predicted molar refractivity (Wildman–Crippen MR) is 113 cm³/mol. The molecule has 1 amide bonds. The number of ether oxygens (including phenoxy) is 1. The molecule has 2 aliphatic rings. The highest BCUT2D eigenvalue weighted by Crippen LogP contribution is 2.29. The first kappa shape index (κ1) is 22.2. The van der Waals surface area contributed by atoms with Crippen molar-refractivity contribution >= 4 is 21.6 Å². The molecule has 1 aromatic rings. The van der Waals surface area contributed by atoms with Crippen LogP contribution in [-0.2, 0) is 19.6 Å². The first-order valence-electron chi connectivity index (χ1n) is 10.5. The Morgan fingerprint density at radius 3 is 2.66 bits per heavy atom. The van der Waals surface area contributed by atoms with Crippen LogP contribution in [0.3, 0.4) is 0 Å². The molecule has 1 saturated heterocycles. The molecule has 162 valence electrons. The van der Waals surface area contributed by atoms with Crippen molar-refractivity contribution in [3.8, 4) is 0 Å². The Morgan fingerprint density at radius 2 is 1.93 bits per heavy atom. The Labute approximate surface area is 174 Å². The van der Waals surface area contributed by atoms with Crippen molar-refractivity contribution in [2.24, 2.45) is 11.8 Å². The molecule has 4 atom stereocenters. The molecule has 0 spiro atoms. The number of amides is 1. The van der Waals surface area contributed by atoms with Crippen molar-refractivity contribution in [1.29, 1.82) is 0 Å². The largest absolute Gasteiger partial charge is 0.379 e. The van der Waals surface area contributed by atoms with Crippen LogP contribution in [-0.4, -0.2) is 57.0 Å². The van der Waals surface area contributed by atoms with Crippen molar-refractivity contribution in [3.63, 3.8) is 0 Å². The van der Waals surface area contributed by atoms with Gasteiger partial charge in [0.05, 0.1) is 24.2 Å². The molecule has 1 saturated carbocycles. The lowest BCUT2D eigenvalue weighted by Crippen LogP contribution is -2.49. The van der Waals surface area contributed by atoms with Crippen molar-refractivity contribution in [2.45, 2.75) is 57.0 Å². The molecule has 29 heavy (non-hydrogen) atoms. The fourth-order valence-corrected chi connectivity index (χ4v) is 5.59. The van der Waals surface area contributed by atoms with Gasteiger partial charge in [0, 0.05) is 24.8 Å². The molecule has 3 rings (SSSR count). The highest BCUT2D eigenvalue weighted by atomic mass is 32.2. The Bertz CT molecular complexity index is 808. The van der Waals surface area contributed by atoms with Crippen molar-refractivity contribution in [1.82, 2.24) is 9.62 Å². The fraction of sp³-hybridized carbons (Fsp3) is 0.667. The Hall–Kier alpha value is -1.48. The lowest BCUT2D eigenvalue weighted by Gasteiger charge is -2.36. The Balaban J connectivity index is 1.64. The maximum Gasteiger partial charge on any atom is 0.243 e. The highest BCUT2D eigenvalue weighted by molar-refractivity contribution is 7.89. The van der Waals surface area contributed by atoms with E-state index in [1.54, 1.807) is 18.2 Å². The minimum atomic E-state index is -3.59. The maximum atomic E-state index is 12.8. The summed E-state index contributed by atoms with van der Waals surface area (Å²) in [5.41, 5.74) is 0.489. The van der Waals surface area contributed by atoms with Gasteiger partial charge in [0.15, 0.2) is 0 Å². The summed E-state index contributed by atoms with van der Waals surface area (Å²) in [5.74, 6) is 1.02. The van der Waals surface area contributed by atoms with Crippen LogP contribution in [0.4, 0.5) is 5.69 Å². The van der Waals surface area contributed by atoms with Crippen molar-refractivity contribution in [3.05, 3.63) is 24.3 Å². The van der Waals surface area contributed by atoms with E-state index >= 15 is 0 Å². The zero-order valence-electron chi connectivity index (χ0n) is 17.6. The standard InChI is InChI=1S/C21H33N3O4S/c1-15-6-4-9-20(16(15)2)22-17(3)21(25)23-18-7-5-8-19(14-18)29(26,27)24-10-12-28-13-11-24/h5,7-8,14-17,20,22H,4,6,9-13H2,1-3H3,(H,23,25)/t15-,16-,17+,20+/m1/s1. The third-order valence-corrected chi connectivity index (χ3v) is 8.17. The third kappa shape index (κ3) is 5.36. The van der Waals surface area contributed by atoms with Gasteiger partial charge in [-0.25, -0.2) is 8.42 Å². The molecule has 0 bridgehead atoms. The van der Waals surface area contributed by atoms with E-state index in [4.69, 9.17) is 4.74 Å². The summed E-state index contributed by atoms with van der Waals surface area (Å²) in [6.45, 7) is 7.86. The van der Waals surface area contributed by atoms with Gasteiger partial charge in [0.1, 0.15) is 0 Å². The molecule has 1 aliphatic carbocycles. The summed E-state index contributed by atoms with van der Waals surface area (Å²) in [6.07, 6.45) is 3.50. The summed E-state index contributed by atoms with van der Waals surface area (Å²) in [5, 5.41) is 6.33. The molecule has 1 heterocycles. The molecular formula is C21H33N3O4S. The van der Waals surface area contributed by atoms with Crippen LogP contribution in [0.5, 0.6) is 0 Å². The molecule has 0 aromatic heterocycles. The van der Waals surface area contributed by atoms with E-state index in [0.29, 0.717) is 49.9 Å². The molecule has 2 N–H and O–H groups in total. The van der Waals surface area contributed by atoms with Gasteiger partial charge >= 0.3 is 0 Å². The summed E-state index contributed by atoms with van der Waals surface area (Å²) >= 11 is 0. The van der Waals surface area contributed by atoms with Crippen molar-refractivity contribution in [2.75, 3.05) is 31.6 Å². The van der Waals surface area contributed by atoms with Crippen LogP contribution in [0.1, 0.15) is 40.0 Å². The molecule has 0 unspecified atom stereocenters. The van der Waals surface area contributed by atoms with E-state index in [2.05, 4.69) is 24.5 Å². The van der Waals surface area contributed by atoms with Crippen molar-refractivity contribution < 1.29 is 17.9 Å². The van der Waals surface area contributed by atoms with Crippen LogP contribution in [0.2, 0.25) is 0 Å². The van der Waals surface area contributed by atoms with Gasteiger partial charge in [-0.05, 0) is 43.4 Å². The number of rotatable bonds is 6. The van der Waals surface area contributed by atoms with Gasteiger partial charge < -0.3 is 15.4 Å². The third-order valence-electron chi connectivity index (χ3n) is 6.27. The first-order valence-corrected chi connectivity index (χ1v) is 12.0. The summed E-state index contributed by atoms with van der Waals surface area (Å²) in [4.78, 5) is 12.9. The average Bonchev–Trinajstić information content (AvgIpc) is 2.72. The number of morpholine rings is 1. The molecule has 0 radical (unpaired) electrons. The minimum absolute atomic E-state index is 0.156. The number of carbonyl (C=O) groups is 1. The number of benzene rings is 1. The molecule has 1 aromatic carbocycles. The molecule has 8 heteroatoms. The van der Waals surface area contributed by atoms with Gasteiger partial charge in [-0.2, -0.15) is 4.31 Å². The number of nitrogens with zero attached hydrogens (tertiary/aromatic N) is 1. The van der Waals surface area contributed by atoms with Crippen LogP contribution in [0.25, 0.3) is 0 Å². The highest BCUT2D eigenvalue weighted by Gasteiger charge is 2.30. The number of anilines is 1. The monoisotopic (exact) mass is 423 g/mol. The first-order chi connectivity index (χ1) is 13.8. The quantitative estimate of drug-likeness (QED) is 0.734. The molecular weight excluding hydrogens is 390 g/mol. The van der Waals surface area contributed by atoms with E-state index < -0.39 is 10.0 Å². The second-order valence-electron chi connectivity index (χ2n) is 8.30. The lowest BCUT2D eigenvalue weighted by molar-refractivity contribution is -0.118. The van der Waals surface area contributed by atoms with E-state index in [1.165, 1.54) is 23.2 Å². The van der Waals surface area contributed by atoms with E-state index in [9.17, 15) is 13.2 Å². The van der Waals surface area contributed by atoms with Crippen LogP contribution < -0.4 is 10.6 Å². The second kappa shape index (κ2) is 9.55. The van der Waals surface area contributed by atoms with Gasteiger partial charge in [-0.1, -0.05) is 32.8 Å². The fourth-order valence-electron chi connectivity index (χ4n) is 4.13. The van der Waals surface area contributed by atoms with Crippen LogP contribution in [0.15, 0.2) is 29.2 Å². The number of carbonyl (C=O) groups excluding carboxylic acids is 1. The van der Waals surface area contributed by atoms with Gasteiger partial charge in [-0.15, -0.1) is 0 Å². The van der Waals surface area contributed by atoms with E-state index in [0.717, 1.165) is 6.42 Å². The number of hydrogen-bond acceptors (Lipinski definition) is 5. The SMILES string of the molecule is C[C@@H]1[C@H](C)CCC[C@@H]1N[C@@H](C)C(=O)Nc1cccc(S(=O)(=O)N2CCOCC2)c1. The number of hydrogen-bond donors (Lipinski definition) is 2. The topological polar surface area (TPSA) is 87.7 Å². The van der Waals surface area contributed by atoms with Gasteiger partial charge in [0.2, 0.25) is 15.9 Å². The van der Waals surface area contributed by atoms with E-state index in [-0.39, 0.29) is 16.8 Å². The zero-order valence-corrected chi connectivity index (χ0v) is 18.4. The number of nitrogens with one attached hydrogen (secondary N) is 2. The lowest BCUT2D eigenvalue weighted by atomic mass is 9.78. The molecule has 2 fully saturated rings. The number of sulfonamides is 1. The Kier molecular flexibility index (Phi) is 7.32. The summed E-state index contributed by atoms with van der Waals surface area (Å²) in [7, 11) is -3.59. The normalized spacial score (nSPS) is 27.3. The van der Waals surface area contributed by atoms with E-state index in [1.807, 2.05) is 6.92 Å². The molecule has 1 aliphatic heterocycles. The summed E-state index contributed by atoms with van der Waals surface area (Å²) < 4.78 is 32.3. The van der Waals surface area contributed by atoms with Crippen LogP contribution >= 0.6 is 0 Å². The van der Waals surface area contributed by atoms with Gasteiger partial charge in [-0.3, -0.25) is 4.79 Å². The average molecular weight is 424 g/mol. The second-order valence-corrected chi connectivity index (χ2v) is 10.2. The predicted octanol–water partition coefficient (Wildman–Crippen LogP) is 2.45. The Morgan fingerprint density at radius 1 is 1.21 bits per heavy atom. The zero-order chi connectivity index (χ0) is 21.0. The minimum Gasteiger partial charge on any atom is -0.379 e. The van der Waals surface area contributed by atoms with Crippen LogP contribution in [0, 0.1) is 11.8 Å². The van der Waals surface area contributed by atoms with Gasteiger partial charge in [0.25, 0.3) is 0 Å². The summed E-state index contributed by atoms with van der Waals surface area (Å²) in [6, 6.07) is 6.44.